The number of piperazine rings is 1. The molecule has 0 spiro atoms. The van der Waals surface area contributed by atoms with E-state index in [-0.39, 0.29) is 24.1 Å². The number of anilines is 1. The first-order valence-corrected chi connectivity index (χ1v) is 23.7. The van der Waals surface area contributed by atoms with Gasteiger partial charge in [-0.1, -0.05) is 36.8 Å². The maximum Gasteiger partial charge on any atom is 0.255 e. The number of nitrogens with two attached hydrogens (primary N) is 1. The fourth-order valence-electron chi connectivity index (χ4n) is 9.74. The molecular weight excluding hydrogens is 837 g/mol. The molecule has 4 saturated heterocycles. The number of amides is 5. The molecule has 66 heavy (non-hydrogen) atoms. The Balaban J connectivity index is 0.000000141. The van der Waals surface area contributed by atoms with Gasteiger partial charge in [-0.15, -0.1) is 0 Å². The van der Waals surface area contributed by atoms with Gasteiger partial charge in [-0.2, -0.15) is 5.10 Å². The largest absolute Gasteiger partial charge is 0.457 e. The number of ether oxygens (including phenoxy) is 1. The monoisotopic (exact) mass is 901 g/mol. The molecule has 4 N–H and O–H groups in total. The van der Waals surface area contributed by atoms with Crippen LogP contribution in [0, 0.1) is 5.92 Å². The maximum absolute atomic E-state index is 12.7. The number of primary amides is 1. The van der Waals surface area contributed by atoms with E-state index in [0.717, 1.165) is 92.8 Å². The Labute approximate surface area is 387 Å². The van der Waals surface area contributed by atoms with Gasteiger partial charge in [0.05, 0.1) is 0 Å². The summed E-state index contributed by atoms with van der Waals surface area (Å²) in [4.78, 5) is 69.7. The van der Waals surface area contributed by atoms with E-state index in [1.54, 1.807) is 9.80 Å². The molecule has 1 aromatic heterocycles. The minimum atomic E-state index is -0.581. The number of para-hydroxylation sites is 1. The Bertz CT molecular complexity index is 2320. The van der Waals surface area contributed by atoms with Gasteiger partial charge >= 0.3 is 0 Å². The van der Waals surface area contributed by atoms with E-state index in [0.29, 0.717) is 35.6 Å². The van der Waals surface area contributed by atoms with Crippen molar-refractivity contribution in [1.29, 1.82) is 0 Å². The predicted molar refractivity (Wildman–Crippen MR) is 252 cm³/mol. The second-order valence-corrected chi connectivity index (χ2v) is 18.3. The van der Waals surface area contributed by atoms with Crippen LogP contribution in [0.3, 0.4) is 0 Å². The Kier molecular flexibility index (Phi) is 15.4. The molecule has 6 aliphatic heterocycles. The van der Waals surface area contributed by atoms with E-state index in [9.17, 15) is 24.0 Å². The molecular formula is C50H64N10O6. The molecule has 1 unspecified atom stereocenters. The summed E-state index contributed by atoms with van der Waals surface area (Å²) in [6.45, 7) is 12.6. The highest BCUT2D eigenvalue weighted by atomic mass is 16.5. The number of aryl methyl sites for hydroxylation is 1. The number of fused-ring (bicyclic) bond motifs is 2. The first kappa shape index (κ1) is 46.4. The average molecular weight is 901 g/mol. The molecule has 0 radical (unpaired) electrons. The summed E-state index contributed by atoms with van der Waals surface area (Å²) in [5.74, 6) is 1.90. The third-order valence-electron chi connectivity index (χ3n) is 13.5. The molecule has 1 atom stereocenters. The van der Waals surface area contributed by atoms with Crippen molar-refractivity contribution in [3.8, 4) is 22.8 Å². The van der Waals surface area contributed by atoms with Gasteiger partial charge in [0.15, 0.2) is 0 Å². The number of nitrogens with zero attached hydrogens (tertiary/aromatic N) is 7. The van der Waals surface area contributed by atoms with E-state index in [1.165, 1.54) is 64.8 Å². The SMILES string of the molecule is CN1CCC(CN2CCCCC2)CC1.NC(=O)c1c(-c2ccc(Oc3ccccc3)cc2)nn2c1NCCC2.O=CN1CCN(Cc2ccc3c(c2)CN(C2CCC(=O)NC2=O)C3=O)CC1. The summed E-state index contributed by atoms with van der Waals surface area (Å²) in [7, 11) is 2.25. The lowest BCUT2D eigenvalue weighted by molar-refractivity contribution is -0.137. The lowest BCUT2D eigenvalue weighted by Crippen LogP contribution is -2.52. The highest BCUT2D eigenvalue weighted by Gasteiger charge is 2.39. The van der Waals surface area contributed by atoms with Crippen LogP contribution >= 0.6 is 0 Å². The summed E-state index contributed by atoms with van der Waals surface area (Å²) in [5, 5.41) is 10.1. The smallest absolute Gasteiger partial charge is 0.255 e. The van der Waals surface area contributed by atoms with Crippen LogP contribution in [-0.2, 0) is 34.0 Å². The van der Waals surface area contributed by atoms with Gasteiger partial charge in [0, 0.05) is 76.5 Å². The van der Waals surface area contributed by atoms with Crippen LogP contribution in [0.1, 0.15) is 83.2 Å². The van der Waals surface area contributed by atoms with Crippen molar-refractivity contribution in [3.63, 3.8) is 0 Å². The van der Waals surface area contributed by atoms with E-state index in [4.69, 9.17) is 10.5 Å². The van der Waals surface area contributed by atoms with Crippen LogP contribution in [0.4, 0.5) is 5.82 Å². The number of imide groups is 1. The summed E-state index contributed by atoms with van der Waals surface area (Å²) >= 11 is 0. The zero-order valence-corrected chi connectivity index (χ0v) is 38.2. The lowest BCUT2D eigenvalue weighted by atomic mass is 9.96. The molecule has 4 fully saturated rings. The van der Waals surface area contributed by atoms with Crippen molar-refractivity contribution in [1.82, 2.24) is 39.6 Å². The van der Waals surface area contributed by atoms with Crippen molar-refractivity contribution in [2.45, 2.75) is 77.0 Å². The molecule has 0 saturated carbocycles. The van der Waals surface area contributed by atoms with Gasteiger partial charge in [0.2, 0.25) is 18.2 Å². The topological polar surface area (TPSA) is 179 Å². The Morgan fingerprint density at radius 3 is 2.24 bits per heavy atom. The second-order valence-electron chi connectivity index (χ2n) is 18.3. The Morgan fingerprint density at radius 1 is 0.818 bits per heavy atom. The minimum Gasteiger partial charge on any atom is -0.457 e. The van der Waals surface area contributed by atoms with Crippen LogP contribution in [0.5, 0.6) is 11.5 Å². The van der Waals surface area contributed by atoms with E-state index < -0.39 is 11.9 Å². The Morgan fingerprint density at radius 2 is 1.55 bits per heavy atom. The molecule has 4 aromatic rings. The van der Waals surface area contributed by atoms with Crippen LogP contribution in [0.15, 0.2) is 72.8 Å². The Hall–Kier alpha value is -6.10. The zero-order chi connectivity index (χ0) is 46.0. The van der Waals surface area contributed by atoms with Crippen LogP contribution in [0.2, 0.25) is 0 Å². The number of aromatic nitrogens is 2. The summed E-state index contributed by atoms with van der Waals surface area (Å²) in [6.07, 6.45) is 9.67. The van der Waals surface area contributed by atoms with Gasteiger partial charge in [-0.05, 0) is 131 Å². The number of likely N-dealkylation sites (tertiary alicyclic amines) is 2. The number of benzene rings is 3. The number of piperidine rings is 3. The van der Waals surface area contributed by atoms with Crippen LogP contribution < -0.4 is 21.1 Å². The molecule has 3 aromatic carbocycles. The van der Waals surface area contributed by atoms with E-state index >= 15 is 0 Å². The molecule has 350 valence electrons. The van der Waals surface area contributed by atoms with Crippen molar-refractivity contribution in [2.24, 2.45) is 11.7 Å². The molecule has 0 aliphatic carbocycles. The third-order valence-corrected chi connectivity index (χ3v) is 13.5. The number of carbonyl (C=O) groups is 5. The van der Waals surface area contributed by atoms with Crippen molar-refractivity contribution < 1.29 is 28.7 Å². The summed E-state index contributed by atoms with van der Waals surface area (Å²) in [6, 6.07) is 22.3. The average Bonchev–Trinajstić information content (AvgIpc) is 3.89. The zero-order valence-electron chi connectivity index (χ0n) is 38.2. The normalized spacial score (nSPS) is 20.4. The first-order chi connectivity index (χ1) is 32.1. The second kappa shape index (κ2) is 21.9. The molecule has 16 nitrogen and oxygen atoms in total. The number of carbonyl (C=O) groups excluding carboxylic acids is 5. The van der Waals surface area contributed by atoms with Gasteiger partial charge in [-0.3, -0.25) is 34.2 Å². The molecule has 16 heteroatoms. The fraction of sp³-hybridized carbons (Fsp3) is 0.480. The van der Waals surface area contributed by atoms with Crippen molar-refractivity contribution in [3.05, 3.63) is 95.1 Å². The molecule has 5 amide bonds. The number of hydrogen-bond donors (Lipinski definition) is 3. The molecule has 6 aliphatic rings. The van der Waals surface area contributed by atoms with Crippen molar-refractivity contribution in [2.75, 3.05) is 77.8 Å². The molecule has 7 heterocycles. The third kappa shape index (κ3) is 11.6. The minimum absolute atomic E-state index is 0.148. The highest BCUT2D eigenvalue weighted by Crippen LogP contribution is 2.33. The van der Waals surface area contributed by atoms with Gasteiger partial charge < -0.3 is 35.4 Å². The number of hydrogen-bond acceptors (Lipinski definition) is 11. The van der Waals surface area contributed by atoms with Gasteiger partial charge in [0.1, 0.15) is 34.6 Å². The summed E-state index contributed by atoms with van der Waals surface area (Å²) in [5.41, 5.74) is 10.1. The van der Waals surface area contributed by atoms with E-state index in [1.807, 2.05) is 77.5 Å². The quantitative estimate of drug-likeness (QED) is 0.147. The maximum atomic E-state index is 12.7. The van der Waals surface area contributed by atoms with E-state index in [2.05, 4.69) is 37.5 Å². The van der Waals surface area contributed by atoms with Crippen molar-refractivity contribution >= 4 is 35.9 Å². The fourth-order valence-corrected chi connectivity index (χ4v) is 9.74. The highest BCUT2D eigenvalue weighted by molar-refractivity contribution is 6.05. The van der Waals surface area contributed by atoms with Gasteiger partial charge in [0.25, 0.3) is 11.8 Å². The molecule has 0 bridgehead atoms. The lowest BCUT2D eigenvalue weighted by Gasteiger charge is -2.34. The standard InChI is InChI=1S/C19H22N4O4.C19H18N4O2.C12H24N2/c24-12-22-7-5-21(6-8-22)10-13-1-2-15-14(9-13)11-23(19(15)27)16-3-4-17(25)20-18(16)26;20-18(24)16-17(22-23-12-4-11-21-19(16)23)13-7-9-15(10-8-13)25-14-5-2-1-3-6-14;1-13-9-5-12(6-10-13)11-14-7-3-2-4-8-14/h1-2,9,12,16H,3-8,10-11H2,(H,20,25,26);1-3,5-10,21H,4,11-12H2,(H2,20,24);12H,2-11H2,1H3. The summed E-state index contributed by atoms with van der Waals surface area (Å²) < 4.78 is 7.61. The number of nitrogens with one attached hydrogen (secondary N) is 2. The number of rotatable bonds is 10. The first-order valence-electron chi connectivity index (χ1n) is 23.7. The van der Waals surface area contributed by atoms with Crippen LogP contribution in [-0.4, -0.2) is 143 Å². The predicted octanol–water partition coefficient (Wildman–Crippen LogP) is 4.79. The van der Waals surface area contributed by atoms with Gasteiger partial charge in [-0.25, -0.2) is 4.68 Å². The van der Waals surface area contributed by atoms with Crippen LogP contribution in [0.25, 0.3) is 11.3 Å². The molecule has 10 rings (SSSR count).